The lowest BCUT2D eigenvalue weighted by atomic mass is 10.0. The Hall–Kier alpha value is 0.557. The fourth-order valence-electron chi connectivity index (χ4n) is 4.67. The Morgan fingerprint density at radius 1 is 0.412 bits per heavy atom. The van der Waals surface area contributed by atoms with Crippen LogP contribution in [0.25, 0.3) is 0 Å². The Morgan fingerprint density at radius 2 is 0.618 bits per heavy atom. The van der Waals surface area contributed by atoms with Crippen LogP contribution in [0.3, 0.4) is 0 Å². The van der Waals surface area contributed by atoms with Gasteiger partial charge in [-0.2, -0.15) is 0 Å². The summed E-state index contributed by atoms with van der Waals surface area (Å²) in [5.41, 5.74) is 0. The fourth-order valence-corrected chi connectivity index (χ4v) is 6.52. The first kappa shape index (κ1) is 34.6. The van der Waals surface area contributed by atoms with E-state index in [1.807, 2.05) is 0 Å². The van der Waals surface area contributed by atoms with Crippen molar-refractivity contribution >= 4 is 45.2 Å². The molecule has 0 spiro atoms. The molecule has 0 saturated carbocycles. The first-order valence-electron chi connectivity index (χ1n) is 14.7. The maximum absolute atomic E-state index is 10.4. The Bertz CT molecular complexity index is 430. The van der Waals surface area contributed by atoms with Gasteiger partial charge in [-0.25, -0.2) is 0 Å². The molecule has 0 atom stereocenters. The van der Waals surface area contributed by atoms with Gasteiger partial charge in [0, 0.05) is 6.42 Å². The molecule has 0 aromatic heterocycles. The summed E-state index contributed by atoms with van der Waals surface area (Å²) in [4.78, 5) is 10.4. The van der Waals surface area contributed by atoms with Crippen LogP contribution < -0.4 is 0 Å². The van der Waals surface area contributed by atoms with Crippen molar-refractivity contribution in [2.75, 3.05) is 0 Å². The third-order valence-corrected chi connectivity index (χ3v) is 9.47. The number of hydrogen-bond acceptors (Lipinski definition) is 1. The highest BCUT2D eigenvalue weighted by Gasteiger charge is 2.23. The molecule has 0 aliphatic carbocycles. The van der Waals surface area contributed by atoms with Crippen molar-refractivity contribution in [3.05, 3.63) is 0 Å². The third-order valence-electron chi connectivity index (χ3n) is 6.85. The molecular formula is C28H55Cl3O2Si. The standard InChI is InChI=1S/C28H55Cl3O2Si/c29-34(30,31)27-25-23-21-19-17-15-13-11-9-7-5-3-1-2-4-6-8-10-12-14-16-18-20-22-24-26-28(32)33/h1-27H2,(H,32,33). The van der Waals surface area contributed by atoms with Crippen LogP contribution in [0, 0.1) is 0 Å². The maximum Gasteiger partial charge on any atom is 0.341 e. The highest BCUT2D eigenvalue weighted by molar-refractivity contribution is 7.64. The van der Waals surface area contributed by atoms with Crippen molar-refractivity contribution < 1.29 is 9.90 Å². The Labute approximate surface area is 227 Å². The van der Waals surface area contributed by atoms with E-state index in [-0.39, 0.29) is 0 Å². The zero-order chi connectivity index (χ0) is 25.2. The first-order chi connectivity index (χ1) is 16.4. The predicted octanol–water partition coefficient (Wildman–Crippen LogP) is 11.9. The Balaban J connectivity index is 3.05. The summed E-state index contributed by atoms with van der Waals surface area (Å²) in [5.74, 6) is -0.655. The summed E-state index contributed by atoms with van der Waals surface area (Å²) in [6, 6.07) is -1.55. The van der Waals surface area contributed by atoms with E-state index < -0.39 is 12.0 Å². The molecule has 0 rings (SSSR count). The molecule has 0 fully saturated rings. The fraction of sp³-hybridized carbons (Fsp3) is 0.964. The van der Waals surface area contributed by atoms with Gasteiger partial charge in [0.15, 0.2) is 0 Å². The lowest BCUT2D eigenvalue weighted by Crippen LogP contribution is -2.07. The van der Waals surface area contributed by atoms with Crippen molar-refractivity contribution in [1.82, 2.24) is 0 Å². The summed E-state index contributed by atoms with van der Waals surface area (Å²) < 4.78 is 0. The lowest BCUT2D eigenvalue weighted by Gasteiger charge is -2.07. The molecule has 0 aliphatic heterocycles. The van der Waals surface area contributed by atoms with E-state index in [0.29, 0.717) is 6.42 Å². The topological polar surface area (TPSA) is 37.3 Å². The minimum Gasteiger partial charge on any atom is -0.481 e. The molecule has 0 aromatic carbocycles. The van der Waals surface area contributed by atoms with Gasteiger partial charge in [0.1, 0.15) is 0 Å². The average Bonchev–Trinajstić information content (AvgIpc) is 2.77. The summed E-state index contributed by atoms with van der Waals surface area (Å²) in [6.45, 7) is 0. The Morgan fingerprint density at radius 3 is 0.824 bits per heavy atom. The van der Waals surface area contributed by atoms with Crippen molar-refractivity contribution in [2.45, 2.75) is 173 Å². The van der Waals surface area contributed by atoms with Gasteiger partial charge in [0.05, 0.1) is 0 Å². The number of unbranched alkanes of at least 4 members (excludes halogenated alkanes) is 24. The van der Waals surface area contributed by atoms with E-state index >= 15 is 0 Å². The molecule has 0 saturated heterocycles. The van der Waals surface area contributed by atoms with E-state index in [1.54, 1.807) is 0 Å². The molecule has 0 aliphatic rings. The van der Waals surface area contributed by atoms with Crippen LogP contribution in [0.1, 0.15) is 167 Å². The van der Waals surface area contributed by atoms with Crippen LogP contribution in [-0.4, -0.2) is 17.1 Å². The molecule has 2 nitrogen and oxygen atoms in total. The molecule has 0 amide bonds. The molecular weight excluding hydrogens is 503 g/mol. The molecule has 1 N–H and O–H groups in total. The van der Waals surface area contributed by atoms with Gasteiger partial charge in [0.25, 0.3) is 0 Å². The van der Waals surface area contributed by atoms with Crippen LogP contribution >= 0.6 is 33.2 Å². The highest BCUT2D eigenvalue weighted by Crippen LogP contribution is 2.27. The summed E-state index contributed by atoms with van der Waals surface area (Å²) in [7, 11) is 0. The van der Waals surface area contributed by atoms with Crippen LogP contribution in [0.4, 0.5) is 0 Å². The van der Waals surface area contributed by atoms with Gasteiger partial charge < -0.3 is 5.11 Å². The molecule has 34 heavy (non-hydrogen) atoms. The first-order valence-corrected chi connectivity index (χ1v) is 19.9. The van der Waals surface area contributed by atoms with Gasteiger partial charge in [-0.05, 0) is 12.5 Å². The predicted molar refractivity (Wildman–Crippen MR) is 156 cm³/mol. The van der Waals surface area contributed by atoms with E-state index in [9.17, 15) is 4.79 Å². The zero-order valence-corrected chi connectivity index (χ0v) is 25.3. The summed E-state index contributed by atoms with van der Waals surface area (Å²) in [5, 5.41) is 8.61. The number of rotatable bonds is 28. The van der Waals surface area contributed by atoms with Crippen molar-refractivity contribution in [3.8, 4) is 0 Å². The Kier molecular flexibility index (Phi) is 27.1. The maximum atomic E-state index is 10.4. The van der Waals surface area contributed by atoms with E-state index in [1.165, 1.54) is 141 Å². The van der Waals surface area contributed by atoms with Crippen molar-refractivity contribution in [3.63, 3.8) is 0 Å². The number of hydrogen-bond donors (Lipinski definition) is 1. The van der Waals surface area contributed by atoms with Crippen molar-refractivity contribution in [1.29, 1.82) is 0 Å². The number of aliphatic carboxylic acids is 1. The quantitative estimate of drug-likeness (QED) is 0.0590. The normalized spacial score (nSPS) is 11.9. The number of halogens is 3. The lowest BCUT2D eigenvalue weighted by molar-refractivity contribution is -0.137. The van der Waals surface area contributed by atoms with Crippen molar-refractivity contribution in [2.24, 2.45) is 0 Å². The zero-order valence-electron chi connectivity index (χ0n) is 22.1. The smallest absolute Gasteiger partial charge is 0.341 e. The van der Waals surface area contributed by atoms with Gasteiger partial charge in [-0.1, -0.05) is 154 Å². The number of carbonyl (C=O) groups is 1. The molecule has 0 unspecified atom stereocenters. The molecule has 6 heteroatoms. The summed E-state index contributed by atoms with van der Waals surface area (Å²) in [6.07, 6.45) is 33.6. The second-order valence-electron chi connectivity index (χ2n) is 10.3. The SMILES string of the molecule is O=C(O)CCCCCCCCCCCCCCCCCCCCCCCCCCC[Si](Cl)(Cl)Cl. The van der Waals surface area contributed by atoms with Gasteiger partial charge in [-0.15, -0.1) is 33.2 Å². The van der Waals surface area contributed by atoms with Gasteiger partial charge in [-0.3, -0.25) is 4.79 Å². The highest BCUT2D eigenvalue weighted by atomic mass is 35.8. The van der Waals surface area contributed by atoms with Crippen LogP contribution in [-0.2, 0) is 4.79 Å². The van der Waals surface area contributed by atoms with E-state index in [4.69, 9.17) is 38.3 Å². The van der Waals surface area contributed by atoms with E-state index in [2.05, 4.69) is 0 Å². The summed E-state index contributed by atoms with van der Waals surface area (Å²) >= 11 is 17.7. The third kappa shape index (κ3) is 32.6. The second kappa shape index (κ2) is 26.6. The molecule has 0 bridgehead atoms. The number of carboxylic acids is 1. The van der Waals surface area contributed by atoms with Gasteiger partial charge >= 0.3 is 12.0 Å². The second-order valence-corrected chi connectivity index (χ2v) is 19.6. The largest absolute Gasteiger partial charge is 0.481 e. The molecule has 0 aromatic rings. The average molecular weight is 558 g/mol. The molecule has 204 valence electrons. The van der Waals surface area contributed by atoms with Crippen LogP contribution in [0.5, 0.6) is 0 Å². The molecule has 0 radical (unpaired) electrons. The monoisotopic (exact) mass is 556 g/mol. The minimum absolute atomic E-state index is 0.339. The van der Waals surface area contributed by atoms with Crippen LogP contribution in [0.15, 0.2) is 0 Å². The van der Waals surface area contributed by atoms with Crippen LogP contribution in [0.2, 0.25) is 6.04 Å². The van der Waals surface area contributed by atoms with Gasteiger partial charge in [0.2, 0.25) is 0 Å². The minimum atomic E-state index is -2.37. The van der Waals surface area contributed by atoms with E-state index in [0.717, 1.165) is 25.3 Å². The molecule has 0 heterocycles. The number of carboxylic acid groups (broad SMARTS) is 1.